The summed E-state index contributed by atoms with van der Waals surface area (Å²) in [6, 6.07) is 6.64. The molecule has 0 amide bonds. The van der Waals surface area contributed by atoms with Gasteiger partial charge in [0.05, 0.1) is 25.6 Å². The molecule has 2 unspecified atom stereocenters. The van der Waals surface area contributed by atoms with Gasteiger partial charge in [-0.05, 0) is 37.8 Å². The van der Waals surface area contributed by atoms with Gasteiger partial charge < -0.3 is 14.0 Å². The van der Waals surface area contributed by atoms with Gasteiger partial charge in [0, 0.05) is 18.8 Å². The zero-order chi connectivity index (χ0) is 16.3. The number of hydrogen-bond acceptors (Lipinski definition) is 3. The van der Waals surface area contributed by atoms with Gasteiger partial charge in [-0.3, -0.25) is 0 Å². The van der Waals surface area contributed by atoms with Crippen LogP contribution in [0.15, 0.2) is 36.9 Å². The largest absolute Gasteiger partial charge is 0.345 e. The molecule has 0 spiro atoms. The van der Waals surface area contributed by atoms with Crippen molar-refractivity contribution in [2.45, 2.75) is 58.5 Å². The molecule has 0 radical (unpaired) electrons. The summed E-state index contributed by atoms with van der Waals surface area (Å²) < 4.78 is 14.5. The van der Waals surface area contributed by atoms with Crippen molar-refractivity contribution in [3.8, 4) is 0 Å². The maximum absolute atomic E-state index is 6.29. The molecule has 1 aliphatic rings. The predicted molar refractivity (Wildman–Crippen MR) is 90.3 cm³/mol. The van der Waals surface area contributed by atoms with E-state index in [1.165, 1.54) is 16.7 Å². The number of ether oxygens (including phenoxy) is 2. The molecule has 4 heteroatoms. The molecule has 1 fully saturated rings. The quantitative estimate of drug-likeness (QED) is 0.816. The topological polar surface area (TPSA) is 36.3 Å². The Morgan fingerprint density at radius 3 is 2.87 bits per heavy atom. The molecule has 4 nitrogen and oxygen atoms in total. The second-order valence-corrected chi connectivity index (χ2v) is 6.53. The van der Waals surface area contributed by atoms with E-state index >= 15 is 0 Å². The Hall–Kier alpha value is -1.65. The Kier molecular flexibility index (Phi) is 4.83. The van der Waals surface area contributed by atoms with Crippen LogP contribution in [0.3, 0.4) is 0 Å². The molecule has 1 saturated heterocycles. The van der Waals surface area contributed by atoms with Gasteiger partial charge >= 0.3 is 0 Å². The van der Waals surface area contributed by atoms with Crippen LogP contribution in [-0.2, 0) is 22.4 Å². The molecule has 2 atom stereocenters. The van der Waals surface area contributed by atoms with Crippen molar-refractivity contribution in [2.75, 3.05) is 6.61 Å². The van der Waals surface area contributed by atoms with Crippen LogP contribution < -0.4 is 0 Å². The Balaban J connectivity index is 1.73. The average Bonchev–Trinajstić information content (AvgIpc) is 3.17. The minimum absolute atomic E-state index is 0.192. The summed E-state index contributed by atoms with van der Waals surface area (Å²) in [5.74, 6) is -0.543. The molecule has 1 aromatic carbocycles. The summed E-state index contributed by atoms with van der Waals surface area (Å²) in [6.45, 7) is 7.82. The molecule has 124 valence electrons. The first kappa shape index (κ1) is 16.2. The maximum atomic E-state index is 6.29. The van der Waals surface area contributed by atoms with Gasteiger partial charge in [0.1, 0.15) is 0 Å². The van der Waals surface area contributed by atoms with Gasteiger partial charge in [0.15, 0.2) is 5.79 Å². The highest BCUT2D eigenvalue weighted by Crippen LogP contribution is 2.32. The normalized spacial score (nSPS) is 24.2. The zero-order valence-electron chi connectivity index (χ0n) is 14.3. The van der Waals surface area contributed by atoms with E-state index in [-0.39, 0.29) is 6.10 Å². The van der Waals surface area contributed by atoms with Crippen LogP contribution in [-0.4, -0.2) is 28.0 Å². The first-order valence-corrected chi connectivity index (χ1v) is 8.44. The van der Waals surface area contributed by atoms with Crippen LogP contribution in [0, 0.1) is 13.8 Å². The van der Waals surface area contributed by atoms with Crippen molar-refractivity contribution in [1.82, 2.24) is 9.55 Å². The maximum Gasteiger partial charge on any atom is 0.187 e. The van der Waals surface area contributed by atoms with Crippen LogP contribution >= 0.6 is 0 Å². The third-order valence-electron chi connectivity index (χ3n) is 4.63. The van der Waals surface area contributed by atoms with Crippen LogP contribution in [0.5, 0.6) is 0 Å². The first-order valence-electron chi connectivity index (χ1n) is 8.44. The number of imidazole rings is 1. The molecule has 23 heavy (non-hydrogen) atoms. The van der Waals surface area contributed by atoms with E-state index in [1.807, 2.05) is 17.1 Å². The number of nitrogens with zero attached hydrogens (tertiary/aromatic N) is 2. The summed E-state index contributed by atoms with van der Waals surface area (Å²) in [5.41, 5.74) is 4.01. The lowest BCUT2D eigenvalue weighted by atomic mass is 9.98. The van der Waals surface area contributed by atoms with Gasteiger partial charge in [0.25, 0.3) is 0 Å². The van der Waals surface area contributed by atoms with Gasteiger partial charge in [-0.25, -0.2) is 4.98 Å². The first-order chi connectivity index (χ1) is 11.1. The Morgan fingerprint density at radius 1 is 1.35 bits per heavy atom. The van der Waals surface area contributed by atoms with Gasteiger partial charge in [0.2, 0.25) is 0 Å². The highest BCUT2D eigenvalue weighted by atomic mass is 16.7. The van der Waals surface area contributed by atoms with Crippen LogP contribution in [0.25, 0.3) is 0 Å². The molecule has 3 rings (SSSR count). The highest BCUT2D eigenvalue weighted by molar-refractivity contribution is 5.30. The number of rotatable bonds is 6. The monoisotopic (exact) mass is 314 g/mol. The van der Waals surface area contributed by atoms with E-state index in [2.05, 4.69) is 44.0 Å². The summed E-state index contributed by atoms with van der Waals surface area (Å²) in [7, 11) is 0. The Morgan fingerprint density at radius 2 is 2.22 bits per heavy atom. The fourth-order valence-electron chi connectivity index (χ4n) is 3.22. The second-order valence-electron chi connectivity index (χ2n) is 6.53. The molecule has 0 saturated carbocycles. The van der Waals surface area contributed by atoms with Crippen LogP contribution in [0.2, 0.25) is 0 Å². The van der Waals surface area contributed by atoms with E-state index in [4.69, 9.17) is 9.47 Å². The van der Waals surface area contributed by atoms with Crippen LogP contribution in [0.1, 0.15) is 36.5 Å². The minimum Gasteiger partial charge on any atom is -0.345 e. The molecule has 2 heterocycles. The van der Waals surface area contributed by atoms with E-state index in [1.54, 1.807) is 6.20 Å². The predicted octanol–water partition coefficient (Wildman–Crippen LogP) is 3.65. The van der Waals surface area contributed by atoms with Crippen LogP contribution in [0.4, 0.5) is 0 Å². The lowest BCUT2D eigenvalue weighted by Crippen LogP contribution is -2.36. The zero-order valence-corrected chi connectivity index (χ0v) is 14.3. The summed E-state index contributed by atoms with van der Waals surface area (Å²) >= 11 is 0. The van der Waals surface area contributed by atoms with E-state index in [9.17, 15) is 0 Å². The summed E-state index contributed by atoms with van der Waals surface area (Å²) in [6.07, 6.45) is 8.57. The molecule has 1 aliphatic heterocycles. The Bertz CT molecular complexity index is 639. The third kappa shape index (κ3) is 3.82. The van der Waals surface area contributed by atoms with Crippen molar-refractivity contribution in [3.05, 3.63) is 53.6 Å². The van der Waals surface area contributed by atoms with E-state index < -0.39 is 5.79 Å². The SMILES string of the molecule is CCC1COC(CCc2ccc(C)cc2C)(Cn2ccnc2)O1. The molecule has 0 bridgehead atoms. The van der Waals surface area contributed by atoms with E-state index in [0.717, 1.165) is 19.3 Å². The fourth-order valence-corrected chi connectivity index (χ4v) is 3.22. The number of benzene rings is 1. The highest BCUT2D eigenvalue weighted by Gasteiger charge is 2.41. The van der Waals surface area contributed by atoms with Crippen molar-refractivity contribution < 1.29 is 9.47 Å². The van der Waals surface area contributed by atoms with Crippen molar-refractivity contribution in [2.24, 2.45) is 0 Å². The van der Waals surface area contributed by atoms with Gasteiger partial charge in [-0.2, -0.15) is 0 Å². The molecule has 0 aliphatic carbocycles. The van der Waals surface area contributed by atoms with Crippen molar-refractivity contribution >= 4 is 0 Å². The molecule has 0 N–H and O–H groups in total. The lowest BCUT2D eigenvalue weighted by Gasteiger charge is -2.29. The van der Waals surface area contributed by atoms with Gasteiger partial charge in [-0.15, -0.1) is 0 Å². The lowest BCUT2D eigenvalue weighted by molar-refractivity contribution is -0.182. The molecule has 1 aromatic heterocycles. The number of aryl methyl sites for hydroxylation is 3. The standard InChI is InChI=1S/C19H26N2O2/c1-4-18-12-22-19(23-18,13-21-10-9-20-14-21)8-7-17-6-5-15(2)11-16(17)3/h5-6,9-11,14,18H,4,7-8,12-13H2,1-3H3. The molecular formula is C19H26N2O2. The Labute approximate surface area is 138 Å². The second kappa shape index (κ2) is 6.85. The van der Waals surface area contributed by atoms with Gasteiger partial charge in [-0.1, -0.05) is 30.7 Å². The fraction of sp³-hybridized carbons (Fsp3) is 0.526. The summed E-state index contributed by atoms with van der Waals surface area (Å²) in [5, 5.41) is 0. The number of hydrogen-bond donors (Lipinski definition) is 0. The smallest absolute Gasteiger partial charge is 0.187 e. The third-order valence-corrected chi connectivity index (χ3v) is 4.63. The number of aromatic nitrogens is 2. The minimum atomic E-state index is -0.543. The molecular weight excluding hydrogens is 288 g/mol. The van der Waals surface area contributed by atoms with Crippen molar-refractivity contribution in [1.29, 1.82) is 0 Å². The van der Waals surface area contributed by atoms with Crippen molar-refractivity contribution in [3.63, 3.8) is 0 Å². The molecule has 2 aromatic rings. The summed E-state index contributed by atoms with van der Waals surface area (Å²) in [4.78, 5) is 4.13. The van der Waals surface area contributed by atoms with E-state index in [0.29, 0.717) is 13.2 Å². The average molecular weight is 314 g/mol.